The molecule has 0 aliphatic carbocycles. The summed E-state index contributed by atoms with van der Waals surface area (Å²) in [5, 5.41) is 23.6. The number of carbonyl (C=O) groups is 1. The first-order valence-corrected chi connectivity index (χ1v) is 12.1. The van der Waals surface area contributed by atoms with E-state index in [9.17, 15) is 9.90 Å². The van der Waals surface area contributed by atoms with Crippen LogP contribution in [0.3, 0.4) is 0 Å². The molecule has 0 atom stereocenters. The van der Waals surface area contributed by atoms with Crippen molar-refractivity contribution in [2.24, 2.45) is 5.10 Å². The maximum Gasteiger partial charge on any atom is 0.250 e. The normalized spacial score (nSPS) is 11.6. The van der Waals surface area contributed by atoms with Crippen LogP contribution in [-0.4, -0.2) is 37.7 Å². The Morgan fingerprint density at radius 3 is 2.59 bits per heavy atom. The molecule has 0 radical (unpaired) electrons. The first kappa shape index (κ1) is 25.2. The molecule has 2 aromatic carbocycles. The number of aromatic hydroxyl groups is 1. The summed E-state index contributed by atoms with van der Waals surface area (Å²) < 4.78 is 2.00. The van der Waals surface area contributed by atoms with E-state index >= 15 is 0 Å². The average molecular weight is 478 g/mol. The van der Waals surface area contributed by atoms with Crippen molar-refractivity contribution in [1.82, 2.24) is 20.2 Å². The zero-order chi connectivity index (χ0) is 24.7. The van der Waals surface area contributed by atoms with E-state index in [1.54, 1.807) is 12.1 Å². The lowest BCUT2D eigenvalue weighted by Crippen LogP contribution is -2.20. The van der Waals surface area contributed by atoms with Crippen molar-refractivity contribution < 1.29 is 9.90 Å². The number of thioether (sulfide) groups is 1. The number of allylic oxidation sites excluding steroid dienone is 1. The van der Waals surface area contributed by atoms with Gasteiger partial charge in [0.15, 0.2) is 11.0 Å². The highest BCUT2D eigenvalue weighted by molar-refractivity contribution is 7.99. The maximum atomic E-state index is 12.3. The van der Waals surface area contributed by atoms with Crippen LogP contribution >= 0.6 is 11.8 Å². The Morgan fingerprint density at radius 2 is 1.94 bits per heavy atom. The molecule has 8 heteroatoms. The topological polar surface area (TPSA) is 92.4 Å². The number of phenols is 1. The van der Waals surface area contributed by atoms with Gasteiger partial charge < -0.3 is 9.67 Å². The van der Waals surface area contributed by atoms with Gasteiger partial charge in [-0.1, -0.05) is 75.0 Å². The highest BCUT2D eigenvalue weighted by Gasteiger charge is 2.17. The number of hydrogen-bond acceptors (Lipinski definition) is 6. The van der Waals surface area contributed by atoms with E-state index in [1.165, 1.54) is 23.5 Å². The Morgan fingerprint density at radius 1 is 1.21 bits per heavy atom. The lowest BCUT2D eigenvalue weighted by Gasteiger charge is -2.19. The van der Waals surface area contributed by atoms with Gasteiger partial charge in [-0.3, -0.25) is 4.79 Å². The van der Waals surface area contributed by atoms with E-state index in [0.29, 0.717) is 23.7 Å². The zero-order valence-electron chi connectivity index (χ0n) is 20.1. The number of rotatable bonds is 9. The molecule has 34 heavy (non-hydrogen) atoms. The number of benzene rings is 2. The molecule has 3 aromatic rings. The molecule has 178 valence electrons. The van der Waals surface area contributed by atoms with Crippen molar-refractivity contribution >= 4 is 23.9 Å². The lowest BCUT2D eigenvalue weighted by molar-refractivity contribution is -0.118. The first-order chi connectivity index (χ1) is 16.2. The van der Waals surface area contributed by atoms with E-state index in [1.807, 2.05) is 23.6 Å². The molecule has 3 rings (SSSR count). The minimum absolute atomic E-state index is 0.0843. The fourth-order valence-corrected chi connectivity index (χ4v) is 4.18. The molecule has 0 fully saturated rings. The largest absolute Gasteiger partial charge is 0.507 e. The van der Waals surface area contributed by atoms with Crippen molar-refractivity contribution in [2.75, 3.05) is 5.75 Å². The van der Waals surface area contributed by atoms with Gasteiger partial charge in [-0.15, -0.1) is 16.8 Å². The molecule has 0 saturated heterocycles. The Labute approximate surface area is 205 Å². The van der Waals surface area contributed by atoms with E-state index < -0.39 is 0 Å². The number of amides is 1. The summed E-state index contributed by atoms with van der Waals surface area (Å²) in [6, 6.07) is 13.7. The fraction of sp³-hybridized carbons (Fsp3) is 0.308. The van der Waals surface area contributed by atoms with Crippen LogP contribution in [0.4, 0.5) is 0 Å². The van der Waals surface area contributed by atoms with E-state index in [4.69, 9.17) is 0 Å². The van der Waals surface area contributed by atoms with Crippen LogP contribution in [0.1, 0.15) is 44.4 Å². The minimum atomic E-state index is -0.273. The summed E-state index contributed by atoms with van der Waals surface area (Å²) in [7, 11) is 0. The van der Waals surface area contributed by atoms with Crippen LogP contribution in [0, 0.1) is 0 Å². The Bertz CT molecular complexity index is 1180. The summed E-state index contributed by atoms with van der Waals surface area (Å²) in [5.41, 5.74) is 6.11. The standard InChI is InChI=1S/C26H31N5O2S/c1-6-9-18-10-8-11-20(23(18)33)16-27-28-22(32)17-34-25-30-29-24(31(25)7-2)19-12-14-21(15-13-19)26(3,4)5/h6,8,10-16,33H,1,7,9,17H2,2-5H3,(H,28,32). The maximum absolute atomic E-state index is 12.3. The van der Waals surface area contributed by atoms with E-state index in [0.717, 1.165) is 17.0 Å². The van der Waals surface area contributed by atoms with Crippen LogP contribution in [0.25, 0.3) is 11.4 Å². The van der Waals surface area contributed by atoms with Crippen LogP contribution < -0.4 is 5.43 Å². The number of phenolic OH excluding ortho intramolecular Hbond substituents is 1. The van der Waals surface area contributed by atoms with Crippen molar-refractivity contribution in [3.8, 4) is 17.1 Å². The summed E-state index contributed by atoms with van der Waals surface area (Å²) >= 11 is 1.30. The Kier molecular flexibility index (Phi) is 8.28. The van der Waals surface area contributed by atoms with Crippen molar-refractivity contribution in [3.63, 3.8) is 0 Å². The SMILES string of the molecule is C=CCc1cccc(C=NNC(=O)CSc2nnc(-c3ccc(C(C)(C)C)cc3)n2CC)c1O. The third-order valence-corrected chi connectivity index (χ3v) is 6.25. The monoisotopic (exact) mass is 477 g/mol. The van der Waals surface area contributed by atoms with Crippen LogP contribution in [0.5, 0.6) is 5.75 Å². The number of nitrogens with zero attached hydrogens (tertiary/aromatic N) is 4. The van der Waals surface area contributed by atoms with E-state index in [-0.39, 0.29) is 22.8 Å². The molecule has 0 spiro atoms. The van der Waals surface area contributed by atoms with Gasteiger partial charge in [-0.25, -0.2) is 5.43 Å². The zero-order valence-corrected chi connectivity index (χ0v) is 20.9. The quantitative estimate of drug-likeness (QED) is 0.197. The summed E-state index contributed by atoms with van der Waals surface area (Å²) in [6.45, 7) is 12.9. The third kappa shape index (κ3) is 6.14. The molecule has 1 aromatic heterocycles. The second kappa shape index (κ2) is 11.2. The summed E-state index contributed by atoms with van der Waals surface area (Å²) in [6.07, 6.45) is 3.70. The fourth-order valence-electron chi connectivity index (χ4n) is 3.39. The molecule has 1 amide bonds. The van der Waals surface area contributed by atoms with Crippen molar-refractivity contribution in [1.29, 1.82) is 0 Å². The molecule has 0 bridgehead atoms. The summed E-state index contributed by atoms with van der Waals surface area (Å²) in [5.74, 6) is 0.776. The molecule has 1 heterocycles. The summed E-state index contributed by atoms with van der Waals surface area (Å²) in [4.78, 5) is 12.3. The van der Waals surface area contributed by atoms with Gasteiger partial charge >= 0.3 is 0 Å². The highest BCUT2D eigenvalue weighted by Crippen LogP contribution is 2.27. The van der Waals surface area contributed by atoms with Gasteiger partial charge in [0, 0.05) is 17.7 Å². The first-order valence-electron chi connectivity index (χ1n) is 11.1. The van der Waals surface area contributed by atoms with E-state index in [2.05, 4.69) is 72.3 Å². The van der Waals surface area contributed by atoms with Gasteiger partial charge in [0.2, 0.25) is 0 Å². The van der Waals surface area contributed by atoms with Crippen LogP contribution in [-0.2, 0) is 23.2 Å². The van der Waals surface area contributed by atoms with Gasteiger partial charge in [0.05, 0.1) is 12.0 Å². The van der Waals surface area contributed by atoms with Crippen molar-refractivity contribution in [2.45, 2.75) is 51.2 Å². The molecule has 0 unspecified atom stereocenters. The number of nitrogens with one attached hydrogen (secondary N) is 1. The number of aromatic nitrogens is 3. The molecular formula is C26H31N5O2S. The highest BCUT2D eigenvalue weighted by atomic mass is 32.2. The van der Waals surface area contributed by atoms with Gasteiger partial charge in [0.1, 0.15) is 5.75 Å². The number of hydrogen-bond donors (Lipinski definition) is 2. The molecule has 2 N–H and O–H groups in total. The van der Waals surface area contributed by atoms with Crippen molar-refractivity contribution in [3.05, 3.63) is 71.8 Å². The lowest BCUT2D eigenvalue weighted by atomic mass is 9.87. The smallest absolute Gasteiger partial charge is 0.250 e. The molecule has 0 aliphatic heterocycles. The number of para-hydroxylation sites is 1. The number of hydrazone groups is 1. The molecule has 0 aliphatic rings. The number of carbonyl (C=O) groups excluding carboxylic acids is 1. The predicted molar refractivity (Wildman–Crippen MR) is 138 cm³/mol. The second-order valence-corrected chi connectivity index (χ2v) is 9.75. The molecule has 7 nitrogen and oxygen atoms in total. The minimum Gasteiger partial charge on any atom is -0.507 e. The van der Waals surface area contributed by atoms with Gasteiger partial charge in [0.25, 0.3) is 5.91 Å². The Hall–Kier alpha value is -3.39. The molecular weight excluding hydrogens is 446 g/mol. The van der Waals surface area contributed by atoms with Crippen LogP contribution in [0.15, 0.2) is 65.4 Å². The molecule has 0 saturated carbocycles. The average Bonchev–Trinajstić information content (AvgIpc) is 3.22. The second-order valence-electron chi connectivity index (χ2n) is 8.81. The van der Waals surface area contributed by atoms with Crippen LogP contribution in [0.2, 0.25) is 0 Å². The predicted octanol–water partition coefficient (Wildman–Crippen LogP) is 4.94. The van der Waals surface area contributed by atoms with Gasteiger partial charge in [-0.2, -0.15) is 5.10 Å². The Balaban J connectivity index is 1.62. The third-order valence-electron chi connectivity index (χ3n) is 5.28. The van der Waals surface area contributed by atoms with Gasteiger partial charge in [-0.05, 0) is 36.0 Å².